The topological polar surface area (TPSA) is 100 Å². The van der Waals surface area contributed by atoms with Gasteiger partial charge in [-0.15, -0.1) is 0 Å². The van der Waals surface area contributed by atoms with Crippen molar-refractivity contribution in [2.75, 3.05) is 33.9 Å². The lowest BCUT2D eigenvalue weighted by molar-refractivity contribution is -0.170. The minimum Gasteiger partial charge on any atom is -0.493 e. The quantitative estimate of drug-likeness (QED) is 0.224. The van der Waals surface area contributed by atoms with Crippen molar-refractivity contribution in [1.29, 1.82) is 0 Å². The molecule has 1 aromatic rings. The maximum atomic E-state index is 13.0. The minimum atomic E-state index is -1.05. The van der Waals surface area contributed by atoms with Crippen molar-refractivity contribution < 1.29 is 33.3 Å². The highest BCUT2D eigenvalue weighted by molar-refractivity contribution is 5.95. The van der Waals surface area contributed by atoms with Gasteiger partial charge in [0.05, 0.1) is 26.2 Å². The van der Waals surface area contributed by atoms with Crippen LogP contribution in [0.15, 0.2) is 24.3 Å². The molecule has 0 amide bonds. The molecule has 1 aromatic carbocycles. The van der Waals surface area contributed by atoms with Gasteiger partial charge >= 0.3 is 17.9 Å². The Morgan fingerprint density at radius 3 is 2.21 bits per heavy atom. The molecule has 190 valence electrons. The van der Waals surface area contributed by atoms with Gasteiger partial charge < -0.3 is 24.3 Å². The predicted molar refractivity (Wildman–Crippen MR) is 127 cm³/mol. The van der Waals surface area contributed by atoms with Crippen molar-refractivity contribution in [3.05, 3.63) is 29.8 Å². The fourth-order valence-electron chi connectivity index (χ4n) is 4.18. The summed E-state index contributed by atoms with van der Waals surface area (Å²) in [6.45, 7) is 7.78. The van der Waals surface area contributed by atoms with Crippen LogP contribution in [0.2, 0.25) is 0 Å². The third-order valence-corrected chi connectivity index (χ3v) is 6.07. The first-order valence-corrected chi connectivity index (χ1v) is 11.9. The SMILES string of the molecule is COC(=O)C(Cc1ccccc1OCCCCC1(C(=O)OC(C)(C)C)CCNCC1)C(=O)OC. The molecule has 0 saturated carbocycles. The van der Waals surface area contributed by atoms with Gasteiger partial charge in [0.15, 0.2) is 5.92 Å². The smallest absolute Gasteiger partial charge is 0.320 e. The Morgan fingerprint density at radius 1 is 1.00 bits per heavy atom. The molecule has 0 aromatic heterocycles. The van der Waals surface area contributed by atoms with Crippen LogP contribution < -0.4 is 10.1 Å². The van der Waals surface area contributed by atoms with Crippen molar-refractivity contribution in [2.24, 2.45) is 11.3 Å². The Bertz CT molecular complexity index is 809. The van der Waals surface area contributed by atoms with E-state index in [-0.39, 0.29) is 12.4 Å². The molecule has 34 heavy (non-hydrogen) atoms. The summed E-state index contributed by atoms with van der Waals surface area (Å²) >= 11 is 0. The molecule has 1 N–H and O–H groups in total. The molecule has 1 heterocycles. The molecule has 0 aliphatic carbocycles. The number of unbranched alkanes of at least 4 members (excludes halogenated alkanes) is 1. The Labute approximate surface area is 202 Å². The highest BCUT2D eigenvalue weighted by atomic mass is 16.6. The summed E-state index contributed by atoms with van der Waals surface area (Å²) in [5.74, 6) is -1.83. The molecule has 0 atom stereocenters. The highest BCUT2D eigenvalue weighted by Gasteiger charge is 2.41. The van der Waals surface area contributed by atoms with Crippen LogP contribution in [0.5, 0.6) is 5.75 Å². The molecule has 8 nitrogen and oxygen atoms in total. The summed E-state index contributed by atoms with van der Waals surface area (Å²) in [6.07, 6.45) is 4.02. The second-order valence-corrected chi connectivity index (χ2v) is 9.75. The first-order chi connectivity index (χ1) is 16.1. The van der Waals surface area contributed by atoms with E-state index in [0.717, 1.165) is 50.8 Å². The minimum absolute atomic E-state index is 0.107. The summed E-state index contributed by atoms with van der Waals surface area (Å²) in [5, 5.41) is 3.33. The third kappa shape index (κ3) is 8.01. The van der Waals surface area contributed by atoms with E-state index >= 15 is 0 Å². The zero-order valence-electron chi connectivity index (χ0n) is 21.1. The van der Waals surface area contributed by atoms with E-state index in [2.05, 4.69) is 5.32 Å². The molecule has 8 heteroatoms. The maximum absolute atomic E-state index is 13.0. The number of rotatable bonds is 11. The third-order valence-electron chi connectivity index (χ3n) is 6.07. The molecule has 0 radical (unpaired) electrons. The molecule has 0 unspecified atom stereocenters. The Kier molecular flexibility index (Phi) is 10.4. The number of hydrogen-bond acceptors (Lipinski definition) is 8. The second kappa shape index (κ2) is 12.7. The molecule has 1 aliphatic rings. The Balaban J connectivity index is 1.95. The number of nitrogens with one attached hydrogen (secondary N) is 1. The van der Waals surface area contributed by atoms with E-state index in [4.69, 9.17) is 18.9 Å². The molecule has 1 aliphatic heterocycles. The Hall–Kier alpha value is -2.61. The van der Waals surface area contributed by atoms with Gasteiger partial charge in [-0.05, 0) is 84.0 Å². The van der Waals surface area contributed by atoms with Crippen molar-refractivity contribution in [2.45, 2.75) is 64.9 Å². The van der Waals surface area contributed by atoms with E-state index in [1.165, 1.54) is 14.2 Å². The number of benzene rings is 1. The van der Waals surface area contributed by atoms with Crippen LogP contribution in [-0.2, 0) is 35.0 Å². The normalized spacial score (nSPS) is 15.5. The average Bonchev–Trinajstić information content (AvgIpc) is 2.81. The standard InChI is InChI=1S/C26H39NO7/c1-25(2,3)34-24(30)26(13-15-27-16-14-26)12-8-9-17-33-21-11-7-6-10-19(21)18-20(22(28)31-4)23(29)32-5/h6-7,10-11,20,27H,8-9,12-18H2,1-5H3. The van der Waals surface area contributed by atoms with E-state index < -0.39 is 28.9 Å². The van der Waals surface area contributed by atoms with Gasteiger partial charge in [0, 0.05) is 0 Å². The first-order valence-electron chi connectivity index (χ1n) is 11.9. The van der Waals surface area contributed by atoms with Gasteiger partial charge in [0.2, 0.25) is 0 Å². The van der Waals surface area contributed by atoms with E-state index in [1.807, 2.05) is 45.0 Å². The maximum Gasteiger partial charge on any atom is 0.320 e. The van der Waals surface area contributed by atoms with Crippen molar-refractivity contribution in [3.63, 3.8) is 0 Å². The summed E-state index contributed by atoms with van der Waals surface area (Å²) in [4.78, 5) is 37.1. The monoisotopic (exact) mass is 477 g/mol. The number of carbonyl (C=O) groups is 3. The van der Waals surface area contributed by atoms with E-state index in [1.54, 1.807) is 0 Å². The van der Waals surface area contributed by atoms with Crippen LogP contribution in [-0.4, -0.2) is 57.4 Å². The van der Waals surface area contributed by atoms with Gasteiger partial charge in [-0.1, -0.05) is 18.2 Å². The number of ether oxygens (including phenoxy) is 4. The van der Waals surface area contributed by atoms with Crippen LogP contribution in [0.25, 0.3) is 0 Å². The second-order valence-electron chi connectivity index (χ2n) is 9.75. The molecular formula is C26H39NO7. The fourth-order valence-corrected chi connectivity index (χ4v) is 4.18. The molecule has 0 bridgehead atoms. The molecule has 1 saturated heterocycles. The first kappa shape index (κ1) is 27.6. The van der Waals surface area contributed by atoms with Gasteiger partial charge in [0.25, 0.3) is 0 Å². The number of hydrogen-bond donors (Lipinski definition) is 1. The average molecular weight is 478 g/mol. The largest absolute Gasteiger partial charge is 0.493 e. The van der Waals surface area contributed by atoms with Gasteiger partial charge in [-0.2, -0.15) is 0 Å². The molecular weight excluding hydrogens is 438 g/mol. The van der Waals surface area contributed by atoms with Crippen molar-refractivity contribution in [3.8, 4) is 5.75 Å². The van der Waals surface area contributed by atoms with Crippen LogP contribution in [0.3, 0.4) is 0 Å². The lowest BCUT2D eigenvalue weighted by Crippen LogP contribution is -2.45. The van der Waals surface area contributed by atoms with E-state index in [9.17, 15) is 14.4 Å². The number of methoxy groups -OCH3 is 2. The van der Waals surface area contributed by atoms with Crippen LogP contribution >= 0.6 is 0 Å². The van der Waals surface area contributed by atoms with Gasteiger partial charge in [-0.3, -0.25) is 14.4 Å². The zero-order chi connectivity index (χ0) is 25.2. The fraction of sp³-hybridized carbons (Fsp3) is 0.654. The van der Waals surface area contributed by atoms with Crippen molar-refractivity contribution in [1.82, 2.24) is 5.32 Å². The summed E-state index contributed by atoms with van der Waals surface area (Å²) in [6, 6.07) is 7.31. The lowest BCUT2D eigenvalue weighted by Gasteiger charge is -2.37. The van der Waals surface area contributed by atoms with Crippen LogP contribution in [0.1, 0.15) is 58.4 Å². The zero-order valence-corrected chi connectivity index (χ0v) is 21.1. The van der Waals surface area contributed by atoms with Crippen LogP contribution in [0, 0.1) is 11.3 Å². The van der Waals surface area contributed by atoms with Gasteiger partial charge in [-0.25, -0.2) is 0 Å². The predicted octanol–water partition coefficient (Wildman–Crippen LogP) is 3.45. The lowest BCUT2D eigenvalue weighted by atomic mass is 9.75. The number of para-hydroxylation sites is 1. The van der Waals surface area contributed by atoms with Crippen molar-refractivity contribution >= 4 is 17.9 Å². The number of piperidine rings is 1. The van der Waals surface area contributed by atoms with Crippen LogP contribution in [0.4, 0.5) is 0 Å². The summed E-state index contributed by atoms with van der Waals surface area (Å²) in [5.41, 5.74) is -0.231. The Morgan fingerprint density at radius 2 is 1.62 bits per heavy atom. The van der Waals surface area contributed by atoms with Gasteiger partial charge in [0.1, 0.15) is 11.4 Å². The summed E-state index contributed by atoms with van der Waals surface area (Å²) in [7, 11) is 2.49. The molecule has 0 spiro atoms. The molecule has 1 fully saturated rings. The van der Waals surface area contributed by atoms with E-state index in [0.29, 0.717) is 12.4 Å². The summed E-state index contributed by atoms with van der Waals surface area (Å²) < 4.78 is 21.2. The molecule has 2 rings (SSSR count). The number of carbonyl (C=O) groups excluding carboxylic acids is 3. The number of esters is 3. The highest BCUT2D eigenvalue weighted by Crippen LogP contribution is 2.37.